The van der Waals surface area contributed by atoms with Gasteiger partial charge >= 0.3 is 12.1 Å². The van der Waals surface area contributed by atoms with Crippen molar-refractivity contribution < 1.29 is 19.1 Å². The normalized spacial score (nSPS) is 13.2. The maximum Gasteiger partial charge on any atom is 0.411 e. The molecule has 2 aromatic carbocycles. The van der Waals surface area contributed by atoms with E-state index in [1.807, 2.05) is 12.1 Å². The lowest BCUT2D eigenvalue weighted by atomic mass is 10.1. The van der Waals surface area contributed by atoms with Gasteiger partial charge < -0.3 is 9.47 Å². The van der Waals surface area contributed by atoms with Crippen LogP contribution >= 0.6 is 0 Å². The maximum atomic E-state index is 11.8. The molecule has 0 atom stereocenters. The number of ether oxygens (including phenoxy) is 2. The number of rotatable bonds is 5. The van der Waals surface area contributed by atoms with Crippen LogP contribution in [0.25, 0.3) is 0 Å². The van der Waals surface area contributed by atoms with Crippen LogP contribution in [-0.2, 0) is 16.1 Å². The number of methoxy groups -OCH3 is 1. The molecule has 124 valence electrons. The van der Waals surface area contributed by atoms with E-state index in [2.05, 4.69) is 22.2 Å². The average Bonchev–Trinajstić information content (AvgIpc) is 3.45. The fraction of sp³-hybridized carbons (Fsp3) is 0.263. The number of hydrogen-bond acceptors (Lipinski definition) is 4. The predicted octanol–water partition coefficient (Wildman–Crippen LogP) is 4.10. The van der Waals surface area contributed by atoms with E-state index in [1.165, 1.54) is 25.5 Å². The first kappa shape index (κ1) is 16.1. The molecule has 5 nitrogen and oxygen atoms in total. The molecule has 3 rings (SSSR count). The number of esters is 1. The summed E-state index contributed by atoms with van der Waals surface area (Å²) in [6.45, 7) is 0.219. The summed E-state index contributed by atoms with van der Waals surface area (Å²) >= 11 is 0. The molecule has 0 unspecified atom stereocenters. The average molecular weight is 325 g/mol. The van der Waals surface area contributed by atoms with E-state index in [0.717, 1.165) is 11.5 Å². The van der Waals surface area contributed by atoms with Crippen LogP contribution in [0, 0.1) is 0 Å². The second-order valence-corrected chi connectivity index (χ2v) is 5.79. The largest absolute Gasteiger partial charge is 0.465 e. The fourth-order valence-corrected chi connectivity index (χ4v) is 2.41. The summed E-state index contributed by atoms with van der Waals surface area (Å²) in [5, 5.41) is 2.62. The molecule has 0 aromatic heterocycles. The Balaban J connectivity index is 1.49. The van der Waals surface area contributed by atoms with Crippen LogP contribution in [0.2, 0.25) is 0 Å². The lowest BCUT2D eigenvalue weighted by molar-refractivity contribution is 0.0600. The zero-order chi connectivity index (χ0) is 16.9. The van der Waals surface area contributed by atoms with Crippen molar-refractivity contribution in [2.75, 3.05) is 12.4 Å². The van der Waals surface area contributed by atoms with Crippen molar-refractivity contribution in [3.05, 3.63) is 65.2 Å². The Morgan fingerprint density at radius 1 is 1.04 bits per heavy atom. The second kappa shape index (κ2) is 7.17. The van der Waals surface area contributed by atoms with Gasteiger partial charge in [0.25, 0.3) is 0 Å². The Bertz CT molecular complexity index is 718. The molecule has 5 heteroatoms. The molecule has 0 bridgehead atoms. The Hall–Kier alpha value is -2.82. The molecule has 2 aromatic rings. The highest BCUT2D eigenvalue weighted by Gasteiger charge is 2.22. The van der Waals surface area contributed by atoms with Crippen molar-refractivity contribution in [2.45, 2.75) is 25.4 Å². The topological polar surface area (TPSA) is 64.6 Å². The van der Waals surface area contributed by atoms with E-state index in [4.69, 9.17) is 4.74 Å². The number of amides is 1. The molecule has 1 N–H and O–H groups in total. The third-order valence-corrected chi connectivity index (χ3v) is 3.95. The molecule has 0 spiro atoms. The molecule has 0 heterocycles. The summed E-state index contributed by atoms with van der Waals surface area (Å²) in [7, 11) is 1.32. The highest BCUT2D eigenvalue weighted by atomic mass is 16.5. The van der Waals surface area contributed by atoms with Gasteiger partial charge in [-0.1, -0.05) is 24.3 Å². The minimum absolute atomic E-state index is 0.219. The number of benzene rings is 2. The molecular weight excluding hydrogens is 306 g/mol. The van der Waals surface area contributed by atoms with E-state index < -0.39 is 12.1 Å². The summed E-state index contributed by atoms with van der Waals surface area (Å²) in [4.78, 5) is 23.2. The second-order valence-electron chi connectivity index (χ2n) is 5.79. The number of nitrogens with one attached hydrogen (secondary N) is 1. The van der Waals surface area contributed by atoms with Gasteiger partial charge in [-0.2, -0.15) is 0 Å². The SMILES string of the molecule is COC(=O)c1ccc(NC(=O)OCc2ccc(C3CC3)cc2)cc1. The molecule has 1 aliphatic rings. The molecule has 1 fully saturated rings. The van der Waals surface area contributed by atoms with Crippen molar-refractivity contribution >= 4 is 17.7 Å². The van der Waals surface area contributed by atoms with Crippen LogP contribution in [-0.4, -0.2) is 19.2 Å². The molecule has 1 aliphatic carbocycles. The van der Waals surface area contributed by atoms with E-state index in [0.29, 0.717) is 11.3 Å². The van der Waals surface area contributed by atoms with Crippen molar-refractivity contribution in [1.82, 2.24) is 0 Å². The van der Waals surface area contributed by atoms with E-state index in [9.17, 15) is 9.59 Å². The smallest absolute Gasteiger partial charge is 0.411 e. The number of carbonyl (C=O) groups is 2. The van der Waals surface area contributed by atoms with Crippen LogP contribution < -0.4 is 5.32 Å². The first-order chi connectivity index (χ1) is 11.7. The monoisotopic (exact) mass is 325 g/mol. The van der Waals surface area contributed by atoms with Gasteiger partial charge in [0.05, 0.1) is 12.7 Å². The minimum atomic E-state index is -0.535. The zero-order valence-electron chi connectivity index (χ0n) is 13.5. The van der Waals surface area contributed by atoms with Crippen LogP contribution in [0.4, 0.5) is 10.5 Å². The lowest BCUT2D eigenvalue weighted by Gasteiger charge is -2.08. The minimum Gasteiger partial charge on any atom is -0.465 e. The Morgan fingerprint density at radius 2 is 1.71 bits per heavy atom. The molecule has 0 saturated heterocycles. The van der Waals surface area contributed by atoms with Gasteiger partial charge in [0.15, 0.2) is 0 Å². The van der Waals surface area contributed by atoms with Gasteiger partial charge in [0.1, 0.15) is 6.61 Å². The summed E-state index contributed by atoms with van der Waals surface area (Å²) in [5.41, 5.74) is 3.29. The number of anilines is 1. The number of carbonyl (C=O) groups excluding carboxylic acids is 2. The van der Waals surface area contributed by atoms with Gasteiger partial charge in [0, 0.05) is 5.69 Å². The van der Waals surface area contributed by atoms with Crippen molar-refractivity contribution in [3.8, 4) is 0 Å². The molecule has 0 radical (unpaired) electrons. The maximum absolute atomic E-state index is 11.8. The highest BCUT2D eigenvalue weighted by Crippen LogP contribution is 2.39. The lowest BCUT2D eigenvalue weighted by Crippen LogP contribution is -2.13. The highest BCUT2D eigenvalue weighted by molar-refractivity contribution is 5.91. The first-order valence-corrected chi connectivity index (χ1v) is 7.86. The summed E-state index contributed by atoms with van der Waals surface area (Å²) in [6.07, 6.45) is 2.01. The molecule has 1 saturated carbocycles. The first-order valence-electron chi connectivity index (χ1n) is 7.86. The molecular formula is C19H19NO4. The van der Waals surface area contributed by atoms with Crippen LogP contribution in [0.5, 0.6) is 0 Å². The van der Waals surface area contributed by atoms with Gasteiger partial charge in [0.2, 0.25) is 0 Å². The van der Waals surface area contributed by atoms with Gasteiger partial charge in [-0.15, -0.1) is 0 Å². The predicted molar refractivity (Wildman–Crippen MR) is 90.0 cm³/mol. The van der Waals surface area contributed by atoms with Crippen molar-refractivity contribution in [1.29, 1.82) is 0 Å². The number of hydrogen-bond donors (Lipinski definition) is 1. The van der Waals surface area contributed by atoms with Crippen LogP contribution in [0.15, 0.2) is 48.5 Å². The van der Waals surface area contributed by atoms with Crippen molar-refractivity contribution in [2.24, 2.45) is 0 Å². The quantitative estimate of drug-likeness (QED) is 0.841. The van der Waals surface area contributed by atoms with E-state index in [1.54, 1.807) is 24.3 Å². The summed E-state index contributed by atoms with van der Waals surface area (Å²) in [5.74, 6) is 0.301. The molecule has 0 aliphatic heterocycles. The van der Waals surface area contributed by atoms with Gasteiger partial charge in [-0.05, 0) is 54.2 Å². The van der Waals surface area contributed by atoms with Crippen LogP contribution in [0.1, 0.15) is 40.2 Å². The third kappa shape index (κ3) is 4.13. The standard InChI is InChI=1S/C19H19NO4/c1-23-18(21)16-8-10-17(11-9-16)20-19(22)24-12-13-2-4-14(5-3-13)15-6-7-15/h2-5,8-11,15H,6-7,12H2,1H3,(H,20,22). The van der Waals surface area contributed by atoms with Gasteiger partial charge in [-0.3, -0.25) is 5.32 Å². The Kier molecular flexibility index (Phi) is 4.79. The Labute approximate surface area is 140 Å². The van der Waals surface area contributed by atoms with Crippen LogP contribution in [0.3, 0.4) is 0 Å². The molecule has 24 heavy (non-hydrogen) atoms. The fourth-order valence-electron chi connectivity index (χ4n) is 2.41. The summed E-state index contributed by atoms with van der Waals surface area (Å²) < 4.78 is 9.83. The molecule has 1 amide bonds. The summed E-state index contributed by atoms with van der Waals surface area (Å²) in [6, 6.07) is 14.6. The Morgan fingerprint density at radius 3 is 2.29 bits per heavy atom. The van der Waals surface area contributed by atoms with E-state index in [-0.39, 0.29) is 6.61 Å². The van der Waals surface area contributed by atoms with Gasteiger partial charge in [-0.25, -0.2) is 9.59 Å². The third-order valence-electron chi connectivity index (χ3n) is 3.95. The van der Waals surface area contributed by atoms with E-state index >= 15 is 0 Å². The zero-order valence-corrected chi connectivity index (χ0v) is 13.5. The van der Waals surface area contributed by atoms with Crippen molar-refractivity contribution in [3.63, 3.8) is 0 Å².